The summed E-state index contributed by atoms with van der Waals surface area (Å²) in [5.41, 5.74) is 4.13. The number of ketones is 1. The van der Waals surface area contributed by atoms with Gasteiger partial charge in [-0.2, -0.15) is 0 Å². The number of nitrogens with zero attached hydrogens (tertiary/aromatic N) is 5. The first kappa shape index (κ1) is 78.3. The first-order chi connectivity index (χ1) is 48.7. The van der Waals surface area contributed by atoms with Crippen molar-refractivity contribution >= 4 is 116 Å². The molecule has 0 radical (unpaired) electrons. The molecule has 4 unspecified atom stereocenters. The van der Waals surface area contributed by atoms with Crippen LogP contribution in [0.3, 0.4) is 0 Å². The van der Waals surface area contributed by atoms with Crippen molar-refractivity contribution in [1.82, 2.24) is 24.8 Å². The largest absolute Gasteiger partial charge is 0.497 e. The maximum Gasteiger partial charge on any atom is 0.347 e. The maximum absolute atomic E-state index is 13.9. The van der Waals surface area contributed by atoms with Gasteiger partial charge in [-0.15, -0.1) is 5.10 Å². The van der Waals surface area contributed by atoms with Crippen molar-refractivity contribution in [2.75, 3.05) is 36.3 Å². The van der Waals surface area contributed by atoms with E-state index in [0.717, 1.165) is 36.0 Å². The zero-order valence-corrected chi connectivity index (χ0v) is 59.7. The fourth-order valence-corrected chi connectivity index (χ4v) is 11.0. The number of esters is 3. The summed E-state index contributed by atoms with van der Waals surface area (Å²) in [5.74, 6) is -4.66. The quantitative estimate of drug-likeness (QED) is 0.00910. The molecule has 6 amide bonds. The van der Waals surface area contributed by atoms with E-state index in [0.29, 0.717) is 44.6 Å². The molecule has 1 aliphatic heterocycles. The van der Waals surface area contributed by atoms with Crippen LogP contribution in [-0.4, -0.2) is 117 Å². The Hall–Kier alpha value is -10.0. The van der Waals surface area contributed by atoms with Gasteiger partial charge in [0.15, 0.2) is 17.9 Å². The third-order valence-electron chi connectivity index (χ3n) is 15.9. The Morgan fingerprint density at radius 2 is 1.13 bits per heavy atom. The van der Waals surface area contributed by atoms with E-state index in [1.165, 1.54) is 106 Å². The normalized spacial score (nSPS) is 13.3. The number of hydrogen-bond donors (Lipinski definition) is 3. The number of halogens is 3. The van der Waals surface area contributed by atoms with Crippen molar-refractivity contribution in [3.8, 4) is 11.5 Å². The van der Waals surface area contributed by atoms with Gasteiger partial charge in [0.1, 0.15) is 17.0 Å². The van der Waals surface area contributed by atoms with E-state index in [2.05, 4.69) is 33.2 Å². The molecule has 2 heterocycles. The van der Waals surface area contributed by atoms with Gasteiger partial charge in [-0.3, -0.25) is 33.7 Å². The summed E-state index contributed by atoms with van der Waals surface area (Å²) in [6, 6.07) is 41.1. The zero-order valence-electron chi connectivity index (χ0n) is 57.4. The number of anilines is 3. The van der Waals surface area contributed by atoms with E-state index < -0.39 is 71.8 Å². The van der Waals surface area contributed by atoms with E-state index >= 15 is 0 Å². The highest BCUT2D eigenvalue weighted by Gasteiger charge is 2.53. The first-order valence-corrected chi connectivity index (χ1v) is 34.4. The second-order valence-corrected chi connectivity index (χ2v) is 24.7. The fourth-order valence-electron chi connectivity index (χ4n) is 10.5. The van der Waals surface area contributed by atoms with Gasteiger partial charge in [-0.05, 0) is 141 Å². The third-order valence-corrected chi connectivity index (χ3v) is 16.8. The van der Waals surface area contributed by atoms with Crippen LogP contribution in [0, 0.1) is 6.92 Å². The third kappa shape index (κ3) is 22.8. The van der Waals surface area contributed by atoms with Crippen molar-refractivity contribution in [1.29, 1.82) is 0 Å². The van der Waals surface area contributed by atoms with Crippen LogP contribution < -0.4 is 25.4 Å². The van der Waals surface area contributed by atoms with Crippen LogP contribution in [0.4, 0.5) is 21.9 Å². The standard InChI is InChI=1S/C39H47Cl2N5O6.C29H28ClN3O6.C8H8O2/c1-4-6-7-8-9-10-11-12-13-16-23-51-38(49)26(3)52-39(50)28-20-22-30(41)33(25-28)43-37(48)35(46-34-18-15-14-17-31(34)44-45-46)36(47)42-32-24-27(5-2)19-21-29(32)40;1-4-39-28-27(36)33(29(37)32(28)17-19-8-6-5-7-9-19)24(25(34)20-11-13-21(38-3)14-12-20)26(35)31-23-16-18(2)10-15-22(23)30;1-7(9)10-8-5-3-2-4-6-8/h14-15,17-22,24-26,35H,4-13,16,23H2,1-3H3,(H,42,47)(H,43,48);5-16,24,28H,4,17H2,1-3H3,(H,31,35);2-6H,1H3. The number of imide groups is 1. The van der Waals surface area contributed by atoms with E-state index in [9.17, 15) is 43.2 Å². The molecule has 1 aromatic heterocycles. The SMILES string of the molecule is CC(=O)Oc1ccccc1.CCCCCCCCCCCCOC(=O)C(C)OC(=O)c1ccc(Cl)c(NC(=O)C(C(=O)Nc2cc(CC)ccc2Cl)n2nnc3ccccc32)c1.CCOC1C(=O)N(C(C(=O)Nc2cc(C)ccc2Cl)C(=O)c2ccc(OC)cc2)C(=O)N1Cc1ccccc1. The molecule has 0 bridgehead atoms. The molecule has 1 saturated heterocycles. The lowest BCUT2D eigenvalue weighted by atomic mass is 10.0. The summed E-state index contributed by atoms with van der Waals surface area (Å²) in [4.78, 5) is 120. The number of nitrogens with one attached hydrogen (secondary N) is 3. The number of methoxy groups -OCH3 is 1. The molecule has 532 valence electrons. The Morgan fingerprint density at radius 3 is 1.73 bits per heavy atom. The van der Waals surface area contributed by atoms with Gasteiger partial charge in [0.2, 0.25) is 12.3 Å². The number of aryl methyl sites for hydroxylation is 2. The summed E-state index contributed by atoms with van der Waals surface area (Å²) in [6.07, 6.45) is 9.85. The topological polar surface area (TPSA) is 273 Å². The number of ether oxygens (including phenoxy) is 5. The monoisotopic (exact) mass is 1440 g/mol. The van der Waals surface area contributed by atoms with E-state index in [4.69, 9.17) is 58.5 Å². The second-order valence-electron chi connectivity index (χ2n) is 23.4. The average Bonchev–Trinajstić information content (AvgIpc) is 1.63. The van der Waals surface area contributed by atoms with Crippen molar-refractivity contribution in [2.24, 2.45) is 0 Å². The Balaban J connectivity index is 0.000000255. The highest BCUT2D eigenvalue weighted by atomic mass is 35.5. The number of aromatic nitrogens is 3. The van der Waals surface area contributed by atoms with Gasteiger partial charge >= 0.3 is 23.9 Å². The highest BCUT2D eigenvalue weighted by Crippen LogP contribution is 2.32. The number of hydrogen-bond acceptors (Lipinski definition) is 16. The Kier molecular flexibility index (Phi) is 30.8. The fraction of sp³-hybridized carbons (Fsp3) is 0.329. The molecular formula is C76H83Cl3N8O14. The number of carbonyl (C=O) groups is 9. The summed E-state index contributed by atoms with van der Waals surface area (Å²) < 4.78 is 27.5. The van der Waals surface area contributed by atoms with E-state index in [1.807, 2.05) is 44.2 Å². The summed E-state index contributed by atoms with van der Waals surface area (Å²) >= 11 is 19.1. The Labute approximate surface area is 602 Å². The van der Waals surface area contributed by atoms with E-state index in [1.54, 1.807) is 110 Å². The van der Waals surface area contributed by atoms with Crippen LogP contribution in [0.2, 0.25) is 15.1 Å². The first-order valence-electron chi connectivity index (χ1n) is 33.3. The Bertz CT molecular complexity index is 4140. The number of urea groups is 1. The number of unbranched alkanes of at least 4 members (excludes halogenated alkanes) is 9. The van der Waals surface area contributed by atoms with Gasteiger partial charge < -0.3 is 39.6 Å². The van der Waals surface area contributed by atoms with Crippen LogP contribution in [0.5, 0.6) is 11.5 Å². The van der Waals surface area contributed by atoms with Crippen molar-refractivity contribution in [2.45, 2.75) is 143 Å². The van der Waals surface area contributed by atoms with Crippen LogP contribution in [0.1, 0.15) is 142 Å². The molecule has 9 rings (SSSR count). The van der Waals surface area contributed by atoms with Crippen LogP contribution >= 0.6 is 34.8 Å². The number of benzene rings is 7. The molecule has 25 heteroatoms. The van der Waals surface area contributed by atoms with Crippen molar-refractivity contribution in [3.63, 3.8) is 0 Å². The number of rotatable bonds is 31. The minimum Gasteiger partial charge on any atom is -0.497 e. The van der Waals surface area contributed by atoms with Crippen molar-refractivity contribution < 1.29 is 66.8 Å². The van der Waals surface area contributed by atoms with Gasteiger partial charge in [0.05, 0.1) is 63.5 Å². The number of Topliss-reactive ketones (excluding diaryl/α,β-unsaturated/α-hetero) is 1. The van der Waals surface area contributed by atoms with Crippen LogP contribution in [0.25, 0.3) is 11.0 Å². The average molecular weight is 1440 g/mol. The predicted octanol–water partition coefficient (Wildman–Crippen LogP) is 15.4. The molecular weight excluding hydrogens is 1360 g/mol. The number of para-hydroxylation sites is 2. The zero-order chi connectivity index (χ0) is 73.0. The molecule has 0 aliphatic carbocycles. The second kappa shape index (κ2) is 39.7. The van der Waals surface area contributed by atoms with Crippen LogP contribution in [-0.2, 0) is 55.9 Å². The Morgan fingerprint density at radius 1 is 0.584 bits per heavy atom. The molecule has 3 N–H and O–H groups in total. The number of fused-ring (bicyclic) bond motifs is 1. The van der Waals surface area contributed by atoms with Gasteiger partial charge in [0, 0.05) is 19.1 Å². The summed E-state index contributed by atoms with van der Waals surface area (Å²) in [6.45, 7) is 10.9. The van der Waals surface area contributed by atoms with Crippen LogP contribution in [0.15, 0.2) is 164 Å². The van der Waals surface area contributed by atoms with Gasteiger partial charge in [0.25, 0.3) is 23.6 Å². The molecule has 4 atom stereocenters. The molecule has 0 saturated carbocycles. The van der Waals surface area contributed by atoms with Gasteiger partial charge in [-0.25, -0.2) is 24.0 Å². The smallest absolute Gasteiger partial charge is 0.347 e. The molecule has 101 heavy (non-hydrogen) atoms. The van der Waals surface area contributed by atoms with E-state index in [-0.39, 0.29) is 58.3 Å². The predicted molar refractivity (Wildman–Crippen MR) is 387 cm³/mol. The van der Waals surface area contributed by atoms with Gasteiger partial charge in [-0.1, -0.05) is 184 Å². The number of amides is 6. The molecule has 0 spiro atoms. The molecule has 1 fully saturated rings. The lowest BCUT2D eigenvalue weighted by Crippen LogP contribution is -2.52. The molecule has 22 nitrogen and oxygen atoms in total. The summed E-state index contributed by atoms with van der Waals surface area (Å²) in [5, 5.41) is 16.9. The summed E-state index contributed by atoms with van der Waals surface area (Å²) in [7, 11) is 1.48. The van der Waals surface area contributed by atoms with Crippen molar-refractivity contribution in [3.05, 3.63) is 207 Å². The lowest BCUT2D eigenvalue weighted by molar-refractivity contribution is -0.153. The maximum atomic E-state index is 13.9. The number of carbonyl (C=O) groups excluding carboxylic acids is 9. The lowest BCUT2D eigenvalue weighted by Gasteiger charge is -2.25. The minimum absolute atomic E-state index is 0.0180. The molecule has 8 aromatic rings. The highest BCUT2D eigenvalue weighted by molar-refractivity contribution is 6.35. The molecule has 7 aromatic carbocycles. The minimum atomic E-state index is -1.82. The molecule has 1 aliphatic rings.